The Bertz CT molecular complexity index is 738. The minimum Gasteiger partial charge on any atom is -0.462 e. The Morgan fingerprint density at radius 2 is 2.00 bits per heavy atom. The van der Waals surface area contributed by atoms with Crippen LogP contribution in [0.25, 0.3) is 11.0 Å². The van der Waals surface area contributed by atoms with Gasteiger partial charge in [0.2, 0.25) is 6.29 Å². The van der Waals surface area contributed by atoms with Crippen molar-refractivity contribution < 1.29 is 29.2 Å². The van der Waals surface area contributed by atoms with Crippen molar-refractivity contribution in [2.75, 3.05) is 6.61 Å². The first-order chi connectivity index (χ1) is 10.5. The van der Waals surface area contributed by atoms with Gasteiger partial charge in [-0.25, -0.2) is 4.79 Å². The maximum Gasteiger partial charge on any atom is 0.336 e. The third-order valence-corrected chi connectivity index (χ3v) is 3.67. The number of ether oxygens (including phenoxy) is 2. The maximum atomic E-state index is 11.4. The Morgan fingerprint density at radius 1 is 1.23 bits per heavy atom. The highest BCUT2D eigenvalue weighted by Gasteiger charge is 2.43. The third kappa shape index (κ3) is 2.59. The normalized spacial score (nSPS) is 28.2. The number of rotatable bonds is 3. The van der Waals surface area contributed by atoms with Gasteiger partial charge in [0.25, 0.3) is 0 Å². The predicted molar refractivity (Wildman–Crippen MR) is 75.6 cm³/mol. The second-order valence-electron chi connectivity index (χ2n) is 5.23. The van der Waals surface area contributed by atoms with Crippen LogP contribution in [0.2, 0.25) is 0 Å². The summed E-state index contributed by atoms with van der Waals surface area (Å²) in [6, 6.07) is 6.28. The van der Waals surface area contributed by atoms with E-state index in [0.29, 0.717) is 11.3 Å². The summed E-state index contributed by atoms with van der Waals surface area (Å²) in [4.78, 5) is 11.4. The number of aryl methyl sites for hydroxylation is 1. The first-order valence-corrected chi connectivity index (χ1v) is 6.83. The molecule has 7 heteroatoms. The molecule has 1 fully saturated rings. The van der Waals surface area contributed by atoms with Gasteiger partial charge in [0, 0.05) is 17.5 Å². The van der Waals surface area contributed by atoms with E-state index < -0.39 is 36.8 Å². The lowest BCUT2D eigenvalue weighted by Gasteiger charge is -2.17. The number of fused-ring (bicyclic) bond motifs is 1. The average Bonchev–Trinajstić information content (AvgIpc) is 2.74. The molecule has 3 N–H and O–H groups in total. The van der Waals surface area contributed by atoms with Gasteiger partial charge < -0.3 is 29.2 Å². The van der Waals surface area contributed by atoms with E-state index in [4.69, 9.17) is 19.0 Å². The highest BCUT2D eigenvalue weighted by Crippen LogP contribution is 2.27. The van der Waals surface area contributed by atoms with Gasteiger partial charge in [0.1, 0.15) is 29.6 Å². The van der Waals surface area contributed by atoms with Crippen molar-refractivity contribution in [1.82, 2.24) is 0 Å². The average molecular weight is 308 g/mol. The quantitative estimate of drug-likeness (QED) is 0.680. The van der Waals surface area contributed by atoms with E-state index in [9.17, 15) is 15.0 Å². The van der Waals surface area contributed by atoms with Crippen LogP contribution in [-0.2, 0) is 4.74 Å². The van der Waals surface area contributed by atoms with E-state index in [1.165, 1.54) is 12.1 Å². The lowest BCUT2D eigenvalue weighted by atomic mass is 10.1. The monoisotopic (exact) mass is 308 g/mol. The van der Waals surface area contributed by atoms with Crippen molar-refractivity contribution in [3.63, 3.8) is 0 Å². The van der Waals surface area contributed by atoms with Crippen LogP contribution in [-0.4, -0.2) is 46.5 Å². The summed E-state index contributed by atoms with van der Waals surface area (Å²) in [7, 11) is 0. The molecule has 0 aliphatic carbocycles. The first-order valence-electron chi connectivity index (χ1n) is 6.83. The molecule has 4 atom stereocenters. The highest BCUT2D eigenvalue weighted by molar-refractivity contribution is 5.81. The first kappa shape index (κ1) is 15.0. The highest BCUT2D eigenvalue weighted by atomic mass is 16.7. The van der Waals surface area contributed by atoms with Crippen molar-refractivity contribution in [1.29, 1.82) is 0 Å². The minimum atomic E-state index is -1.28. The van der Waals surface area contributed by atoms with Gasteiger partial charge in [-0.3, -0.25) is 0 Å². The largest absolute Gasteiger partial charge is 0.462 e. The van der Waals surface area contributed by atoms with Crippen molar-refractivity contribution >= 4 is 11.0 Å². The SMILES string of the molecule is Cc1cc(=O)oc2cc(O[C@@H]3O[C@H](CO)[C@@H](O)[C@@H]3O)ccc12. The maximum absolute atomic E-state index is 11.4. The van der Waals surface area contributed by atoms with Crippen LogP contribution in [0.15, 0.2) is 33.5 Å². The summed E-state index contributed by atoms with van der Waals surface area (Å²) in [5, 5.41) is 29.3. The molecule has 1 aromatic carbocycles. The standard InChI is InChI=1S/C15H16O7/c1-7-4-12(17)21-10-5-8(2-3-9(7)10)20-15-14(19)13(18)11(6-16)22-15/h2-5,11,13-16,18-19H,6H2,1H3/t11-,13-,14+,15-/m1/s1. The van der Waals surface area contributed by atoms with E-state index in [1.807, 2.05) is 0 Å². The van der Waals surface area contributed by atoms with Crippen molar-refractivity contribution in [3.8, 4) is 5.75 Å². The van der Waals surface area contributed by atoms with Crippen LogP contribution in [0.3, 0.4) is 0 Å². The molecule has 0 unspecified atom stereocenters. The molecule has 118 valence electrons. The van der Waals surface area contributed by atoms with Crippen LogP contribution in [0.4, 0.5) is 0 Å². The Labute approximate surface area is 125 Å². The van der Waals surface area contributed by atoms with Crippen LogP contribution >= 0.6 is 0 Å². The summed E-state index contributed by atoms with van der Waals surface area (Å²) in [6.45, 7) is 1.37. The van der Waals surface area contributed by atoms with Crippen molar-refractivity contribution in [2.24, 2.45) is 0 Å². The Hall–Kier alpha value is -1.93. The van der Waals surface area contributed by atoms with E-state index in [0.717, 1.165) is 10.9 Å². The Morgan fingerprint density at radius 3 is 2.68 bits per heavy atom. The molecule has 0 bridgehead atoms. The van der Waals surface area contributed by atoms with Gasteiger partial charge >= 0.3 is 5.63 Å². The number of hydrogen-bond acceptors (Lipinski definition) is 7. The second-order valence-corrected chi connectivity index (χ2v) is 5.23. The molecule has 1 aliphatic rings. The topological polar surface area (TPSA) is 109 Å². The van der Waals surface area contributed by atoms with Crippen molar-refractivity contribution in [3.05, 3.63) is 40.2 Å². The molecule has 1 saturated heterocycles. The second kappa shape index (κ2) is 5.69. The summed E-state index contributed by atoms with van der Waals surface area (Å²) < 4.78 is 15.8. The number of benzene rings is 1. The molecule has 1 aliphatic heterocycles. The molecule has 7 nitrogen and oxygen atoms in total. The number of hydrogen-bond donors (Lipinski definition) is 3. The fourth-order valence-electron chi connectivity index (χ4n) is 2.48. The fraction of sp³-hybridized carbons (Fsp3) is 0.400. The van der Waals surface area contributed by atoms with Gasteiger partial charge in [0.05, 0.1) is 6.61 Å². The van der Waals surface area contributed by atoms with Crippen LogP contribution in [0, 0.1) is 6.92 Å². The van der Waals surface area contributed by atoms with E-state index >= 15 is 0 Å². The molecule has 0 radical (unpaired) electrons. The predicted octanol–water partition coefficient (Wildman–Crippen LogP) is -0.0808. The van der Waals surface area contributed by atoms with Crippen LogP contribution in [0.5, 0.6) is 5.75 Å². The molecule has 3 rings (SSSR count). The van der Waals surface area contributed by atoms with Crippen LogP contribution < -0.4 is 10.4 Å². The molecule has 0 saturated carbocycles. The van der Waals surface area contributed by atoms with Gasteiger partial charge in [-0.15, -0.1) is 0 Å². The zero-order valence-corrected chi connectivity index (χ0v) is 11.8. The fourth-order valence-corrected chi connectivity index (χ4v) is 2.48. The van der Waals surface area contributed by atoms with Crippen LogP contribution in [0.1, 0.15) is 5.56 Å². The molecular formula is C15H16O7. The molecule has 2 aromatic rings. The molecule has 1 aromatic heterocycles. The lowest BCUT2D eigenvalue weighted by Crippen LogP contribution is -2.35. The van der Waals surface area contributed by atoms with E-state index in [2.05, 4.69) is 0 Å². The number of aliphatic hydroxyl groups excluding tert-OH is 3. The molecule has 22 heavy (non-hydrogen) atoms. The molecule has 0 spiro atoms. The molecule has 2 heterocycles. The lowest BCUT2D eigenvalue weighted by molar-refractivity contribution is -0.116. The Balaban J connectivity index is 1.87. The Kier molecular flexibility index (Phi) is 3.88. The summed E-state index contributed by atoms with van der Waals surface area (Å²) in [6.07, 6.45) is -4.52. The van der Waals surface area contributed by atoms with Gasteiger partial charge in [-0.2, -0.15) is 0 Å². The third-order valence-electron chi connectivity index (χ3n) is 3.67. The molecule has 0 amide bonds. The summed E-state index contributed by atoms with van der Waals surface area (Å²) in [5.41, 5.74) is 0.676. The number of aliphatic hydroxyl groups is 3. The van der Waals surface area contributed by atoms with Gasteiger partial charge in [-0.1, -0.05) is 0 Å². The summed E-state index contributed by atoms with van der Waals surface area (Å²) in [5.74, 6) is 0.316. The van der Waals surface area contributed by atoms with Crippen molar-refractivity contribution in [2.45, 2.75) is 31.5 Å². The zero-order chi connectivity index (χ0) is 15.9. The molecular weight excluding hydrogens is 292 g/mol. The summed E-state index contributed by atoms with van der Waals surface area (Å²) >= 11 is 0. The van der Waals surface area contributed by atoms with E-state index in [-0.39, 0.29) is 0 Å². The smallest absolute Gasteiger partial charge is 0.336 e. The van der Waals surface area contributed by atoms with Gasteiger partial charge in [0.15, 0.2) is 0 Å². The zero-order valence-electron chi connectivity index (χ0n) is 11.8. The van der Waals surface area contributed by atoms with E-state index in [1.54, 1.807) is 19.1 Å². The minimum absolute atomic E-state index is 0.316. The van der Waals surface area contributed by atoms with Gasteiger partial charge in [-0.05, 0) is 24.6 Å².